The molecule has 0 aromatic rings. The SMILES string of the molecule is C=CC(=O)N[C]1CCCCC1. The summed E-state index contributed by atoms with van der Waals surface area (Å²) in [4.78, 5) is 10.8. The molecule has 0 aliphatic heterocycles. The van der Waals surface area contributed by atoms with E-state index in [-0.39, 0.29) is 5.91 Å². The van der Waals surface area contributed by atoms with Crippen LogP contribution < -0.4 is 5.32 Å². The van der Waals surface area contributed by atoms with Crippen LogP contribution >= 0.6 is 0 Å². The van der Waals surface area contributed by atoms with Gasteiger partial charge in [-0.2, -0.15) is 0 Å². The average molecular weight is 152 g/mol. The van der Waals surface area contributed by atoms with Crippen molar-refractivity contribution in [1.82, 2.24) is 5.32 Å². The Morgan fingerprint density at radius 3 is 2.55 bits per heavy atom. The van der Waals surface area contributed by atoms with E-state index >= 15 is 0 Å². The standard InChI is InChI=1S/C9H14NO/c1-2-9(11)10-8-6-4-3-5-7-8/h2H,1,3-7H2,(H,10,11). The van der Waals surface area contributed by atoms with Gasteiger partial charge in [-0.3, -0.25) is 4.79 Å². The monoisotopic (exact) mass is 152 g/mol. The van der Waals surface area contributed by atoms with Gasteiger partial charge in [0.2, 0.25) is 5.91 Å². The summed E-state index contributed by atoms with van der Waals surface area (Å²) >= 11 is 0. The molecule has 1 N–H and O–H groups in total. The normalized spacial score (nSPS) is 19.3. The minimum Gasteiger partial charge on any atom is -0.345 e. The fourth-order valence-electron chi connectivity index (χ4n) is 1.33. The van der Waals surface area contributed by atoms with Crippen molar-refractivity contribution >= 4 is 5.91 Å². The Bertz CT molecular complexity index is 148. The van der Waals surface area contributed by atoms with Gasteiger partial charge in [0, 0.05) is 0 Å². The Hall–Kier alpha value is -0.790. The van der Waals surface area contributed by atoms with E-state index in [2.05, 4.69) is 11.9 Å². The van der Waals surface area contributed by atoms with Crippen LogP contribution in [0.4, 0.5) is 0 Å². The minimum absolute atomic E-state index is 0.0677. The van der Waals surface area contributed by atoms with E-state index in [0.29, 0.717) is 0 Å². The first-order valence-corrected chi connectivity index (χ1v) is 4.11. The van der Waals surface area contributed by atoms with Gasteiger partial charge in [0.05, 0.1) is 6.04 Å². The number of rotatable bonds is 2. The lowest BCUT2D eigenvalue weighted by Crippen LogP contribution is -2.28. The van der Waals surface area contributed by atoms with Crippen LogP contribution in [0.25, 0.3) is 0 Å². The summed E-state index contributed by atoms with van der Waals surface area (Å²) in [5.74, 6) is -0.0677. The van der Waals surface area contributed by atoms with Crippen LogP contribution in [0.15, 0.2) is 12.7 Å². The molecular formula is C9H14NO. The van der Waals surface area contributed by atoms with E-state index in [1.807, 2.05) is 0 Å². The highest BCUT2D eigenvalue weighted by Gasteiger charge is 2.14. The predicted molar refractivity (Wildman–Crippen MR) is 44.7 cm³/mol. The van der Waals surface area contributed by atoms with Crippen molar-refractivity contribution < 1.29 is 4.79 Å². The van der Waals surface area contributed by atoms with E-state index in [1.165, 1.54) is 31.4 Å². The molecule has 0 unspecified atom stereocenters. The zero-order valence-electron chi connectivity index (χ0n) is 6.73. The molecule has 11 heavy (non-hydrogen) atoms. The van der Waals surface area contributed by atoms with Gasteiger partial charge < -0.3 is 5.32 Å². The van der Waals surface area contributed by atoms with Crippen molar-refractivity contribution in [2.75, 3.05) is 0 Å². The van der Waals surface area contributed by atoms with Crippen LogP contribution in [-0.2, 0) is 4.79 Å². The third-order valence-corrected chi connectivity index (χ3v) is 1.94. The summed E-state index contributed by atoms with van der Waals surface area (Å²) < 4.78 is 0. The average Bonchev–Trinajstić information content (AvgIpc) is 2.06. The van der Waals surface area contributed by atoms with E-state index in [9.17, 15) is 4.79 Å². The van der Waals surface area contributed by atoms with Gasteiger partial charge in [0.15, 0.2) is 0 Å². The summed E-state index contributed by atoms with van der Waals surface area (Å²) in [6.45, 7) is 3.40. The summed E-state index contributed by atoms with van der Waals surface area (Å²) in [6.07, 6.45) is 7.16. The zero-order valence-corrected chi connectivity index (χ0v) is 6.73. The first kappa shape index (κ1) is 8.31. The molecule has 0 bridgehead atoms. The van der Waals surface area contributed by atoms with Crippen LogP contribution in [0.2, 0.25) is 0 Å². The Morgan fingerprint density at radius 1 is 1.36 bits per heavy atom. The summed E-state index contributed by atoms with van der Waals surface area (Å²) in [5, 5.41) is 2.83. The van der Waals surface area contributed by atoms with E-state index in [0.717, 1.165) is 12.8 Å². The molecule has 1 rings (SSSR count). The van der Waals surface area contributed by atoms with E-state index in [4.69, 9.17) is 0 Å². The molecule has 2 heteroatoms. The van der Waals surface area contributed by atoms with E-state index in [1.54, 1.807) is 0 Å². The third kappa shape index (κ3) is 2.74. The second kappa shape index (κ2) is 4.16. The Labute approximate surface area is 67.7 Å². The highest BCUT2D eigenvalue weighted by molar-refractivity contribution is 5.87. The fraction of sp³-hybridized carbons (Fsp3) is 0.556. The fourth-order valence-corrected chi connectivity index (χ4v) is 1.33. The molecule has 0 atom stereocenters. The van der Waals surface area contributed by atoms with Crippen LogP contribution in [0.1, 0.15) is 32.1 Å². The van der Waals surface area contributed by atoms with Crippen molar-refractivity contribution in [3.05, 3.63) is 18.7 Å². The van der Waals surface area contributed by atoms with Crippen molar-refractivity contribution in [2.24, 2.45) is 0 Å². The maximum atomic E-state index is 10.8. The molecule has 0 spiro atoms. The third-order valence-electron chi connectivity index (χ3n) is 1.94. The predicted octanol–water partition coefficient (Wildman–Crippen LogP) is 1.78. The van der Waals surface area contributed by atoms with Gasteiger partial charge in [-0.1, -0.05) is 25.8 Å². The van der Waals surface area contributed by atoms with Gasteiger partial charge >= 0.3 is 0 Å². The van der Waals surface area contributed by atoms with Gasteiger partial charge in [0.25, 0.3) is 0 Å². The maximum absolute atomic E-state index is 10.8. The summed E-state index contributed by atoms with van der Waals surface area (Å²) in [7, 11) is 0. The molecule has 1 aliphatic rings. The molecule has 0 saturated heterocycles. The Kier molecular flexibility index (Phi) is 3.14. The lowest BCUT2D eigenvalue weighted by molar-refractivity contribution is -0.116. The van der Waals surface area contributed by atoms with Crippen LogP contribution in [0.3, 0.4) is 0 Å². The van der Waals surface area contributed by atoms with Gasteiger partial charge in [-0.15, -0.1) is 0 Å². The molecule has 1 radical (unpaired) electrons. The number of hydrogen-bond acceptors (Lipinski definition) is 1. The number of nitrogens with one attached hydrogen (secondary N) is 1. The molecule has 0 aromatic carbocycles. The largest absolute Gasteiger partial charge is 0.345 e. The first-order chi connectivity index (χ1) is 5.33. The van der Waals surface area contributed by atoms with Gasteiger partial charge in [-0.25, -0.2) is 0 Å². The highest BCUT2D eigenvalue weighted by atomic mass is 16.1. The molecular weight excluding hydrogens is 138 g/mol. The lowest BCUT2D eigenvalue weighted by Gasteiger charge is -2.20. The second-order valence-electron chi connectivity index (χ2n) is 2.86. The topological polar surface area (TPSA) is 29.1 Å². The Balaban J connectivity index is 2.24. The molecule has 1 saturated carbocycles. The molecule has 1 amide bonds. The van der Waals surface area contributed by atoms with Crippen molar-refractivity contribution in [3.63, 3.8) is 0 Å². The maximum Gasteiger partial charge on any atom is 0.243 e. The van der Waals surface area contributed by atoms with Crippen molar-refractivity contribution in [1.29, 1.82) is 0 Å². The molecule has 2 nitrogen and oxygen atoms in total. The van der Waals surface area contributed by atoms with Gasteiger partial charge in [0.1, 0.15) is 0 Å². The number of carbonyl (C=O) groups is 1. The first-order valence-electron chi connectivity index (χ1n) is 4.11. The van der Waals surface area contributed by atoms with Gasteiger partial charge in [-0.05, 0) is 18.9 Å². The quantitative estimate of drug-likeness (QED) is 0.600. The summed E-state index contributed by atoms with van der Waals surface area (Å²) in [6, 6.07) is 1.18. The summed E-state index contributed by atoms with van der Waals surface area (Å²) in [5.41, 5.74) is 0. The second-order valence-corrected chi connectivity index (χ2v) is 2.86. The lowest BCUT2D eigenvalue weighted by atomic mass is 9.95. The van der Waals surface area contributed by atoms with Crippen molar-refractivity contribution in [3.8, 4) is 0 Å². The molecule has 1 aliphatic carbocycles. The molecule has 1 fully saturated rings. The molecule has 0 heterocycles. The smallest absolute Gasteiger partial charge is 0.243 e. The molecule has 0 aromatic heterocycles. The number of hydrogen-bond donors (Lipinski definition) is 1. The van der Waals surface area contributed by atoms with Crippen molar-refractivity contribution in [2.45, 2.75) is 32.1 Å². The number of amides is 1. The van der Waals surface area contributed by atoms with Crippen LogP contribution in [0, 0.1) is 6.04 Å². The molecule has 61 valence electrons. The van der Waals surface area contributed by atoms with Crippen LogP contribution in [-0.4, -0.2) is 5.91 Å². The minimum atomic E-state index is -0.0677. The highest BCUT2D eigenvalue weighted by Crippen LogP contribution is 2.22. The van der Waals surface area contributed by atoms with E-state index < -0.39 is 0 Å². The number of carbonyl (C=O) groups excluding carboxylic acids is 1. The zero-order chi connectivity index (χ0) is 8.10. The Morgan fingerprint density at radius 2 is 2.00 bits per heavy atom. The van der Waals surface area contributed by atoms with Crippen LogP contribution in [0.5, 0.6) is 0 Å².